The van der Waals surface area contributed by atoms with Gasteiger partial charge < -0.3 is 19.6 Å². The highest BCUT2D eigenvalue weighted by molar-refractivity contribution is 6.34. The average molecular weight is 339 g/mol. The molecular weight excluding hydrogens is 320 g/mol. The number of ether oxygens (including phenoxy) is 2. The van der Waals surface area contributed by atoms with E-state index in [9.17, 15) is 4.79 Å². The van der Waals surface area contributed by atoms with E-state index in [2.05, 4.69) is 10.5 Å². The lowest BCUT2D eigenvalue weighted by molar-refractivity contribution is -0.131. The van der Waals surface area contributed by atoms with Gasteiger partial charge in [-0.15, -0.1) is 0 Å². The van der Waals surface area contributed by atoms with Crippen LogP contribution in [-0.2, 0) is 14.4 Å². The number of methoxy groups -OCH3 is 1. The number of amides is 1. The average Bonchev–Trinajstić information content (AvgIpc) is 3.25. The molecule has 23 heavy (non-hydrogen) atoms. The summed E-state index contributed by atoms with van der Waals surface area (Å²) < 4.78 is 10.7. The summed E-state index contributed by atoms with van der Waals surface area (Å²) in [6, 6.07) is 5.30. The first-order valence-electron chi connectivity index (χ1n) is 7.63. The second kappa shape index (κ2) is 7.19. The first kappa shape index (κ1) is 16.1. The molecule has 7 heteroatoms. The van der Waals surface area contributed by atoms with Crippen molar-refractivity contribution in [1.29, 1.82) is 0 Å². The van der Waals surface area contributed by atoms with Crippen LogP contribution in [0.4, 0.5) is 0 Å². The van der Waals surface area contributed by atoms with Gasteiger partial charge in [0.05, 0.1) is 23.9 Å². The van der Waals surface area contributed by atoms with Gasteiger partial charge in [-0.1, -0.05) is 16.8 Å². The van der Waals surface area contributed by atoms with Crippen LogP contribution >= 0.6 is 11.6 Å². The largest absolute Gasteiger partial charge is 0.497 e. The SMILES string of the molecule is COc1ccc(Cl)c(C2=NOC(C(=O)NCC3CCCO3)C2)c1. The molecule has 1 fully saturated rings. The maximum Gasteiger partial charge on any atom is 0.264 e. The van der Waals surface area contributed by atoms with E-state index in [4.69, 9.17) is 25.9 Å². The van der Waals surface area contributed by atoms with E-state index in [0.717, 1.165) is 25.0 Å². The lowest BCUT2D eigenvalue weighted by atomic mass is 10.0. The van der Waals surface area contributed by atoms with Crippen LogP contribution < -0.4 is 10.1 Å². The number of halogens is 1. The van der Waals surface area contributed by atoms with Crippen molar-refractivity contribution in [2.45, 2.75) is 31.5 Å². The zero-order valence-electron chi connectivity index (χ0n) is 12.9. The molecule has 2 atom stereocenters. The Morgan fingerprint density at radius 1 is 1.52 bits per heavy atom. The molecule has 6 nitrogen and oxygen atoms in total. The third-order valence-electron chi connectivity index (χ3n) is 3.97. The van der Waals surface area contributed by atoms with E-state index in [-0.39, 0.29) is 12.0 Å². The third kappa shape index (κ3) is 3.76. The molecule has 2 aliphatic heterocycles. The van der Waals surface area contributed by atoms with Crippen molar-refractivity contribution in [2.24, 2.45) is 5.16 Å². The van der Waals surface area contributed by atoms with Gasteiger partial charge in [0.25, 0.3) is 5.91 Å². The number of hydrogen-bond acceptors (Lipinski definition) is 5. The van der Waals surface area contributed by atoms with Crippen molar-refractivity contribution in [3.8, 4) is 5.75 Å². The fourth-order valence-electron chi connectivity index (χ4n) is 2.66. The zero-order valence-corrected chi connectivity index (χ0v) is 13.6. The van der Waals surface area contributed by atoms with Crippen molar-refractivity contribution in [3.05, 3.63) is 28.8 Å². The van der Waals surface area contributed by atoms with Gasteiger partial charge in [0, 0.05) is 25.1 Å². The Kier molecular flexibility index (Phi) is 5.03. The normalized spacial score (nSPS) is 23.3. The third-order valence-corrected chi connectivity index (χ3v) is 4.30. The van der Waals surface area contributed by atoms with E-state index in [1.807, 2.05) is 0 Å². The van der Waals surface area contributed by atoms with E-state index in [0.29, 0.717) is 29.4 Å². The quantitative estimate of drug-likeness (QED) is 0.893. The Morgan fingerprint density at radius 3 is 3.13 bits per heavy atom. The minimum absolute atomic E-state index is 0.105. The van der Waals surface area contributed by atoms with Crippen molar-refractivity contribution in [2.75, 3.05) is 20.3 Å². The summed E-state index contributed by atoms with van der Waals surface area (Å²) in [6.45, 7) is 1.27. The lowest BCUT2D eigenvalue weighted by Gasteiger charge is -2.13. The highest BCUT2D eigenvalue weighted by Crippen LogP contribution is 2.27. The molecular formula is C16H19ClN2O4. The number of carbonyl (C=O) groups is 1. The van der Waals surface area contributed by atoms with E-state index in [1.165, 1.54) is 0 Å². The minimum atomic E-state index is -0.631. The second-order valence-electron chi connectivity index (χ2n) is 5.56. The molecule has 1 saturated heterocycles. The first-order valence-corrected chi connectivity index (χ1v) is 8.01. The zero-order chi connectivity index (χ0) is 16.2. The van der Waals surface area contributed by atoms with Crippen LogP contribution in [-0.4, -0.2) is 44.1 Å². The van der Waals surface area contributed by atoms with Crippen LogP contribution in [0.15, 0.2) is 23.4 Å². The molecule has 2 aliphatic rings. The summed E-state index contributed by atoms with van der Waals surface area (Å²) in [5.41, 5.74) is 1.37. The fourth-order valence-corrected chi connectivity index (χ4v) is 2.89. The predicted octanol–water partition coefficient (Wildman–Crippen LogP) is 2.14. The molecule has 2 unspecified atom stereocenters. The Balaban J connectivity index is 1.58. The molecule has 1 aromatic rings. The lowest BCUT2D eigenvalue weighted by Crippen LogP contribution is -2.39. The van der Waals surface area contributed by atoms with E-state index < -0.39 is 6.10 Å². The number of nitrogens with zero attached hydrogens (tertiary/aromatic N) is 1. The van der Waals surface area contributed by atoms with Gasteiger partial charge in [0.2, 0.25) is 6.10 Å². The van der Waals surface area contributed by atoms with Crippen LogP contribution in [0, 0.1) is 0 Å². The van der Waals surface area contributed by atoms with Gasteiger partial charge in [-0.05, 0) is 31.0 Å². The molecule has 2 heterocycles. The molecule has 1 amide bonds. The predicted molar refractivity (Wildman–Crippen MR) is 86.0 cm³/mol. The molecule has 1 N–H and O–H groups in total. The molecule has 0 aromatic heterocycles. The standard InChI is InChI=1S/C16H19ClN2O4/c1-21-10-4-5-13(17)12(7-10)14-8-15(23-19-14)16(20)18-9-11-3-2-6-22-11/h4-5,7,11,15H,2-3,6,8-9H2,1H3,(H,18,20). The number of rotatable bonds is 5. The molecule has 0 bridgehead atoms. The van der Waals surface area contributed by atoms with Crippen molar-refractivity contribution < 1.29 is 19.1 Å². The molecule has 1 aromatic carbocycles. The summed E-state index contributed by atoms with van der Waals surface area (Å²) in [4.78, 5) is 17.4. The second-order valence-corrected chi connectivity index (χ2v) is 5.97. The maximum atomic E-state index is 12.2. The van der Waals surface area contributed by atoms with Crippen LogP contribution in [0.2, 0.25) is 5.02 Å². The Hall–Kier alpha value is -1.79. The van der Waals surface area contributed by atoms with Gasteiger partial charge in [-0.2, -0.15) is 0 Å². The van der Waals surface area contributed by atoms with Gasteiger partial charge in [-0.25, -0.2) is 0 Å². The van der Waals surface area contributed by atoms with Gasteiger partial charge in [0.1, 0.15) is 5.75 Å². The van der Waals surface area contributed by atoms with Crippen molar-refractivity contribution >= 4 is 23.2 Å². The Labute approximate surface area is 139 Å². The van der Waals surface area contributed by atoms with Crippen LogP contribution in [0.5, 0.6) is 5.75 Å². The highest BCUT2D eigenvalue weighted by atomic mass is 35.5. The van der Waals surface area contributed by atoms with Crippen molar-refractivity contribution in [1.82, 2.24) is 5.32 Å². The summed E-state index contributed by atoms with van der Waals surface area (Å²) in [5.74, 6) is 0.497. The number of nitrogens with one attached hydrogen (secondary N) is 1. The van der Waals surface area contributed by atoms with E-state index in [1.54, 1.807) is 25.3 Å². The number of hydrogen-bond donors (Lipinski definition) is 1. The Bertz CT molecular complexity index is 614. The fraction of sp³-hybridized carbons (Fsp3) is 0.500. The highest BCUT2D eigenvalue weighted by Gasteiger charge is 2.30. The molecule has 3 rings (SSSR count). The van der Waals surface area contributed by atoms with Gasteiger partial charge >= 0.3 is 0 Å². The van der Waals surface area contributed by atoms with Crippen LogP contribution in [0.3, 0.4) is 0 Å². The van der Waals surface area contributed by atoms with Gasteiger partial charge in [0.15, 0.2) is 0 Å². The van der Waals surface area contributed by atoms with Crippen LogP contribution in [0.25, 0.3) is 0 Å². The summed E-state index contributed by atoms with van der Waals surface area (Å²) in [5, 5.41) is 7.41. The first-order chi connectivity index (χ1) is 11.2. The molecule has 124 valence electrons. The van der Waals surface area contributed by atoms with Crippen LogP contribution in [0.1, 0.15) is 24.8 Å². The molecule has 0 radical (unpaired) electrons. The van der Waals surface area contributed by atoms with Crippen molar-refractivity contribution in [3.63, 3.8) is 0 Å². The number of carbonyl (C=O) groups excluding carboxylic acids is 1. The topological polar surface area (TPSA) is 69.2 Å². The van der Waals surface area contributed by atoms with E-state index >= 15 is 0 Å². The summed E-state index contributed by atoms with van der Waals surface area (Å²) >= 11 is 6.20. The smallest absolute Gasteiger partial charge is 0.264 e. The molecule has 0 saturated carbocycles. The molecule has 0 aliphatic carbocycles. The number of benzene rings is 1. The Morgan fingerprint density at radius 2 is 2.39 bits per heavy atom. The molecule has 0 spiro atoms. The number of oxime groups is 1. The minimum Gasteiger partial charge on any atom is -0.497 e. The monoisotopic (exact) mass is 338 g/mol. The van der Waals surface area contributed by atoms with Gasteiger partial charge in [-0.3, -0.25) is 4.79 Å². The summed E-state index contributed by atoms with van der Waals surface area (Å²) in [6.07, 6.45) is 1.88. The maximum absolute atomic E-state index is 12.2. The summed E-state index contributed by atoms with van der Waals surface area (Å²) in [7, 11) is 1.58.